The van der Waals surface area contributed by atoms with E-state index in [9.17, 15) is 8.42 Å². The molecule has 0 aliphatic rings. The molecule has 1 aromatic carbocycles. The molecule has 0 unspecified atom stereocenters. The Labute approximate surface area is 113 Å². The van der Waals surface area contributed by atoms with Gasteiger partial charge in [0.1, 0.15) is 5.82 Å². The van der Waals surface area contributed by atoms with Gasteiger partial charge in [-0.15, -0.1) is 0 Å². The van der Waals surface area contributed by atoms with Crippen LogP contribution in [0.5, 0.6) is 0 Å². The number of nitrogen functional groups attached to an aromatic ring is 1. The maximum atomic E-state index is 12.2. The molecule has 2 N–H and O–H groups in total. The number of nitrogens with two attached hydrogens (primary N) is 1. The van der Waals surface area contributed by atoms with Crippen molar-refractivity contribution in [2.45, 2.75) is 25.2 Å². The van der Waals surface area contributed by atoms with E-state index in [4.69, 9.17) is 5.73 Å². The lowest BCUT2D eigenvalue weighted by Crippen LogP contribution is -2.10. The van der Waals surface area contributed by atoms with Crippen LogP contribution in [0.3, 0.4) is 0 Å². The molecular weight excluding hydrogens is 262 g/mol. The minimum atomic E-state index is -3.29. The summed E-state index contributed by atoms with van der Waals surface area (Å²) < 4.78 is 26.0. The molecule has 19 heavy (non-hydrogen) atoms. The monoisotopic (exact) mass is 279 g/mol. The molecule has 6 heteroatoms. The fraction of sp³-hybridized carbons (Fsp3) is 0.308. The van der Waals surface area contributed by atoms with Gasteiger partial charge in [0.05, 0.1) is 16.3 Å². The van der Waals surface area contributed by atoms with E-state index >= 15 is 0 Å². The van der Waals surface area contributed by atoms with E-state index in [1.807, 2.05) is 13.8 Å². The summed E-state index contributed by atoms with van der Waals surface area (Å²) in [5.74, 6) is 0.530. The molecule has 0 saturated heterocycles. The van der Waals surface area contributed by atoms with Gasteiger partial charge in [0, 0.05) is 11.8 Å². The average Bonchev–Trinajstić information content (AvgIpc) is 2.69. The van der Waals surface area contributed by atoms with Crippen LogP contribution in [0.4, 0.5) is 5.82 Å². The molecule has 0 aliphatic heterocycles. The highest BCUT2D eigenvalue weighted by molar-refractivity contribution is 7.91. The number of hydrogen-bond acceptors (Lipinski definition) is 4. The quantitative estimate of drug-likeness (QED) is 0.927. The standard InChI is InChI=1S/C13H17N3O2S/c1-3-8-19(17,18)12-7-5-4-6-11(12)16-9-10(2)13(14)15-16/h4-7,9H,3,8H2,1-2H3,(H2,14,15). The maximum Gasteiger partial charge on any atom is 0.180 e. The third-order valence-corrected chi connectivity index (χ3v) is 4.82. The molecule has 1 aromatic heterocycles. The molecule has 0 fully saturated rings. The van der Waals surface area contributed by atoms with E-state index in [1.165, 1.54) is 4.68 Å². The molecule has 0 aliphatic carbocycles. The van der Waals surface area contributed by atoms with Gasteiger partial charge < -0.3 is 5.73 Å². The molecule has 0 radical (unpaired) electrons. The van der Waals surface area contributed by atoms with E-state index in [1.54, 1.807) is 30.5 Å². The molecule has 0 bridgehead atoms. The Balaban J connectivity index is 2.59. The number of benzene rings is 1. The summed E-state index contributed by atoms with van der Waals surface area (Å²) in [5, 5.41) is 4.14. The van der Waals surface area contributed by atoms with Crippen molar-refractivity contribution < 1.29 is 8.42 Å². The minimum Gasteiger partial charge on any atom is -0.382 e. The highest BCUT2D eigenvalue weighted by Gasteiger charge is 2.19. The summed E-state index contributed by atoms with van der Waals surface area (Å²) in [6.07, 6.45) is 2.31. The van der Waals surface area contributed by atoms with Gasteiger partial charge in [-0.2, -0.15) is 5.10 Å². The van der Waals surface area contributed by atoms with Gasteiger partial charge in [0.25, 0.3) is 0 Å². The predicted molar refractivity (Wildman–Crippen MR) is 75.1 cm³/mol. The second-order valence-electron chi connectivity index (χ2n) is 4.43. The van der Waals surface area contributed by atoms with Crippen LogP contribution in [0.2, 0.25) is 0 Å². The van der Waals surface area contributed by atoms with Crippen LogP contribution in [0.1, 0.15) is 18.9 Å². The predicted octanol–water partition coefficient (Wildman–Crippen LogP) is 1.95. The van der Waals surface area contributed by atoms with Crippen LogP contribution in [0.15, 0.2) is 35.4 Å². The summed E-state index contributed by atoms with van der Waals surface area (Å²) in [7, 11) is -3.29. The van der Waals surface area contributed by atoms with E-state index in [0.717, 1.165) is 5.56 Å². The topological polar surface area (TPSA) is 78.0 Å². The van der Waals surface area contributed by atoms with Gasteiger partial charge in [-0.3, -0.25) is 0 Å². The lowest BCUT2D eigenvalue weighted by molar-refractivity contribution is 0.593. The highest BCUT2D eigenvalue weighted by atomic mass is 32.2. The Hall–Kier alpha value is -1.82. The third-order valence-electron chi connectivity index (χ3n) is 2.86. The Morgan fingerprint density at radius 2 is 2.00 bits per heavy atom. The van der Waals surface area contributed by atoms with Crippen molar-refractivity contribution in [3.63, 3.8) is 0 Å². The Morgan fingerprint density at radius 3 is 2.58 bits per heavy atom. The first kappa shape index (κ1) is 13.6. The first-order valence-corrected chi connectivity index (χ1v) is 7.75. The minimum absolute atomic E-state index is 0.125. The van der Waals surface area contributed by atoms with Crippen molar-refractivity contribution in [1.82, 2.24) is 9.78 Å². The third kappa shape index (κ3) is 2.63. The van der Waals surface area contributed by atoms with E-state index in [0.29, 0.717) is 22.8 Å². The lowest BCUT2D eigenvalue weighted by Gasteiger charge is -2.09. The SMILES string of the molecule is CCCS(=O)(=O)c1ccccc1-n1cc(C)c(N)n1. The number of hydrogen-bond donors (Lipinski definition) is 1. The Kier molecular flexibility index (Phi) is 3.61. The number of aromatic nitrogens is 2. The van der Waals surface area contributed by atoms with Crippen molar-refractivity contribution in [2.75, 3.05) is 11.5 Å². The molecule has 102 valence electrons. The largest absolute Gasteiger partial charge is 0.382 e. The zero-order chi connectivity index (χ0) is 14.0. The number of para-hydroxylation sites is 1. The van der Waals surface area contributed by atoms with E-state index in [2.05, 4.69) is 5.10 Å². The normalized spacial score (nSPS) is 11.7. The summed E-state index contributed by atoms with van der Waals surface area (Å²) in [5.41, 5.74) is 7.07. The second kappa shape index (κ2) is 5.05. The molecule has 0 spiro atoms. The maximum absolute atomic E-state index is 12.2. The van der Waals surface area contributed by atoms with Crippen LogP contribution in [-0.2, 0) is 9.84 Å². The first-order valence-electron chi connectivity index (χ1n) is 6.09. The highest BCUT2D eigenvalue weighted by Crippen LogP contribution is 2.22. The van der Waals surface area contributed by atoms with Crippen molar-refractivity contribution in [3.8, 4) is 5.69 Å². The van der Waals surface area contributed by atoms with Crippen molar-refractivity contribution in [3.05, 3.63) is 36.0 Å². The summed E-state index contributed by atoms with van der Waals surface area (Å²) in [6.45, 7) is 3.68. The van der Waals surface area contributed by atoms with Crippen LogP contribution in [-0.4, -0.2) is 24.0 Å². The number of rotatable bonds is 4. The average molecular weight is 279 g/mol. The van der Waals surface area contributed by atoms with Crippen molar-refractivity contribution in [2.24, 2.45) is 0 Å². The molecule has 2 aromatic rings. The number of nitrogens with zero attached hydrogens (tertiary/aromatic N) is 2. The van der Waals surface area contributed by atoms with Gasteiger partial charge in [0.2, 0.25) is 0 Å². The lowest BCUT2D eigenvalue weighted by atomic mass is 10.3. The zero-order valence-electron chi connectivity index (χ0n) is 11.0. The van der Waals surface area contributed by atoms with Gasteiger partial charge in [-0.05, 0) is 25.5 Å². The molecule has 2 rings (SSSR count). The number of anilines is 1. The summed E-state index contributed by atoms with van der Waals surface area (Å²) in [6, 6.07) is 6.83. The Morgan fingerprint density at radius 1 is 1.32 bits per heavy atom. The zero-order valence-corrected chi connectivity index (χ0v) is 11.8. The fourth-order valence-corrected chi connectivity index (χ4v) is 3.41. The molecule has 1 heterocycles. The summed E-state index contributed by atoms with van der Waals surface area (Å²) >= 11 is 0. The van der Waals surface area contributed by atoms with Gasteiger partial charge >= 0.3 is 0 Å². The second-order valence-corrected chi connectivity index (χ2v) is 6.51. The number of aryl methyl sites for hydroxylation is 1. The van der Waals surface area contributed by atoms with E-state index in [-0.39, 0.29) is 5.75 Å². The number of sulfone groups is 1. The summed E-state index contributed by atoms with van der Waals surface area (Å²) in [4.78, 5) is 0.291. The Bertz CT molecular complexity index is 670. The molecule has 0 saturated carbocycles. The molecular formula is C13H17N3O2S. The van der Waals surface area contributed by atoms with Crippen LogP contribution >= 0.6 is 0 Å². The van der Waals surface area contributed by atoms with Gasteiger partial charge in [0.15, 0.2) is 9.84 Å². The van der Waals surface area contributed by atoms with Crippen LogP contribution < -0.4 is 5.73 Å². The van der Waals surface area contributed by atoms with Crippen LogP contribution in [0.25, 0.3) is 5.69 Å². The van der Waals surface area contributed by atoms with Crippen LogP contribution in [0, 0.1) is 6.92 Å². The fourth-order valence-electron chi connectivity index (χ4n) is 1.88. The van der Waals surface area contributed by atoms with Crippen molar-refractivity contribution >= 4 is 15.7 Å². The first-order chi connectivity index (χ1) is 8.95. The van der Waals surface area contributed by atoms with Gasteiger partial charge in [-0.1, -0.05) is 19.1 Å². The molecule has 0 amide bonds. The van der Waals surface area contributed by atoms with Gasteiger partial charge in [-0.25, -0.2) is 13.1 Å². The molecule has 5 nitrogen and oxygen atoms in total. The van der Waals surface area contributed by atoms with Crippen molar-refractivity contribution in [1.29, 1.82) is 0 Å². The van der Waals surface area contributed by atoms with E-state index < -0.39 is 9.84 Å². The smallest absolute Gasteiger partial charge is 0.180 e. The molecule has 0 atom stereocenters.